The van der Waals surface area contributed by atoms with Gasteiger partial charge in [0.1, 0.15) is 23.7 Å². The molecule has 2 rings (SSSR count). The van der Waals surface area contributed by atoms with Crippen molar-refractivity contribution >= 4 is 29.3 Å². The first kappa shape index (κ1) is 31.3. The second-order valence-corrected chi connectivity index (χ2v) is 10.4. The van der Waals surface area contributed by atoms with Gasteiger partial charge in [-0.1, -0.05) is 45.1 Å². The van der Waals surface area contributed by atoms with Crippen LogP contribution in [0.1, 0.15) is 59.9 Å². The normalized spacial score (nSPS) is 25.2. The van der Waals surface area contributed by atoms with E-state index in [0.29, 0.717) is 30.4 Å². The third-order valence-corrected chi connectivity index (χ3v) is 6.89. The predicted octanol–water partition coefficient (Wildman–Crippen LogP) is 4.71. The van der Waals surface area contributed by atoms with E-state index in [1.54, 1.807) is 25.2 Å². The predicted molar refractivity (Wildman–Crippen MR) is 150 cm³/mol. The minimum atomic E-state index is -0.917. The lowest BCUT2D eigenvalue weighted by molar-refractivity contribution is -0.148. The number of carbonyl (C=O) groups excluding carboxylic acids is 3. The average molecular weight is 544 g/mol. The molecule has 0 aromatic heterocycles. The molecule has 10 nitrogen and oxygen atoms in total. The molecule has 7 N–H and O–H groups in total. The molecule has 0 spiro atoms. The van der Waals surface area contributed by atoms with Crippen molar-refractivity contribution in [3.8, 4) is 11.5 Å². The van der Waals surface area contributed by atoms with Crippen molar-refractivity contribution < 1.29 is 34.1 Å². The number of fused-ring (bicyclic) bond motifs is 2. The minimum Gasteiger partial charge on any atom is -0.506 e. The molecule has 214 valence electrons. The monoisotopic (exact) mass is 543 g/mol. The Hall–Kier alpha value is -3.95. The number of esters is 1. The first-order valence-electron chi connectivity index (χ1n) is 13.0. The average Bonchev–Trinajstić information content (AvgIpc) is 2.84. The van der Waals surface area contributed by atoms with Gasteiger partial charge in [-0.15, -0.1) is 0 Å². The van der Waals surface area contributed by atoms with Gasteiger partial charge in [-0.2, -0.15) is 0 Å². The molecule has 1 aromatic rings. The van der Waals surface area contributed by atoms with Crippen LogP contribution in [0, 0.1) is 17.8 Å². The topological polar surface area (TPSA) is 174 Å². The lowest BCUT2D eigenvalue weighted by atomic mass is 9.88. The summed E-state index contributed by atoms with van der Waals surface area (Å²) < 4.78 is 11.0. The number of benzene rings is 1. The van der Waals surface area contributed by atoms with Crippen LogP contribution in [0.5, 0.6) is 11.5 Å². The van der Waals surface area contributed by atoms with Gasteiger partial charge < -0.3 is 36.5 Å². The fourth-order valence-electron chi connectivity index (χ4n) is 4.70. The number of primary amides is 1. The zero-order valence-corrected chi connectivity index (χ0v) is 23.5. The number of carbonyl (C=O) groups is 3. The number of nitrogens with one attached hydrogen (secondary N) is 1. The fraction of sp³-hybridized carbons (Fsp3) is 0.483. The van der Waals surface area contributed by atoms with Crippen LogP contribution in [0.2, 0.25) is 0 Å². The standard InChI is InChI=1S/C29H41N3O7/c1-15-10-11-24(38-20(6)33)18(4)13-19(5)27(39-29(31)37)16(2)8-7-9-17(3)28(36)32-22-14-23(34)25(30)21(12-15)26(22)35/h7-9,13-16,18,24,27,34-35H,10-12,30H2,1-6H3,(H2,31,37)(H,32,36). The van der Waals surface area contributed by atoms with E-state index in [-0.39, 0.29) is 40.6 Å². The van der Waals surface area contributed by atoms with Crippen LogP contribution in [0.25, 0.3) is 0 Å². The molecule has 5 atom stereocenters. The molecule has 0 radical (unpaired) electrons. The highest BCUT2D eigenvalue weighted by Crippen LogP contribution is 2.40. The molecule has 1 aliphatic rings. The van der Waals surface area contributed by atoms with Crippen LogP contribution in [-0.2, 0) is 25.5 Å². The number of hydrogen-bond donors (Lipinski definition) is 5. The van der Waals surface area contributed by atoms with Crippen molar-refractivity contribution in [1.82, 2.24) is 0 Å². The maximum atomic E-state index is 12.8. The Balaban J connectivity index is 2.57. The Kier molecular flexibility index (Phi) is 11.0. The summed E-state index contributed by atoms with van der Waals surface area (Å²) in [6.07, 6.45) is 6.30. The lowest BCUT2D eigenvalue weighted by Gasteiger charge is -2.26. The van der Waals surface area contributed by atoms with Gasteiger partial charge in [0, 0.05) is 36.0 Å². The molecule has 39 heavy (non-hydrogen) atoms. The van der Waals surface area contributed by atoms with E-state index >= 15 is 0 Å². The quantitative estimate of drug-likeness (QED) is 0.117. The van der Waals surface area contributed by atoms with Crippen LogP contribution in [0.4, 0.5) is 16.2 Å². The molecule has 1 heterocycles. The van der Waals surface area contributed by atoms with Crippen LogP contribution in [-0.4, -0.2) is 40.4 Å². The molecular weight excluding hydrogens is 502 g/mol. The van der Waals surface area contributed by atoms with Gasteiger partial charge >= 0.3 is 12.1 Å². The van der Waals surface area contributed by atoms with Crippen molar-refractivity contribution in [3.05, 3.63) is 47.1 Å². The smallest absolute Gasteiger partial charge is 0.405 e. The number of anilines is 2. The van der Waals surface area contributed by atoms with E-state index in [1.165, 1.54) is 13.0 Å². The molecule has 1 aromatic carbocycles. The summed E-state index contributed by atoms with van der Waals surface area (Å²) in [6.45, 7) is 10.5. The fourth-order valence-corrected chi connectivity index (χ4v) is 4.70. The van der Waals surface area contributed by atoms with Gasteiger partial charge in [0.2, 0.25) is 0 Å². The molecule has 1 aliphatic heterocycles. The summed E-state index contributed by atoms with van der Waals surface area (Å²) in [6, 6.07) is 1.21. The number of allylic oxidation sites excluding steroid dienone is 2. The summed E-state index contributed by atoms with van der Waals surface area (Å²) in [4.78, 5) is 36.4. The minimum absolute atomic E-state index is 0.0298. The summed E-state index contributed by atoms with van der Waals surface area (Å²) in [5.74, 6) is -1.91. The van der Waals surface area contributed by atoms with Crippen molar-refractivity contribution in [1.29, 1.82) is 0 Å². The molecule has 2 bridgehead atoms. The maximum Gasteiger partial charge on any atom is 0.405 e. The van der Waals surface area contributed by atoms with E-state index in [1.807, 2.05) is 33.8 Å². The summed E-state index contributed by atoms with van der Waals surface area (Å²) in [7, 11) is 0. The number of ether oxygens (including phenoxy) is 2. The van der Waals surface area contributed by atoms with Gasteiger partial charge in [0.05, 0.1) is 11.4 Å². The van der Waals surface area contributed by atoms with E-state index in [0.717, 1.165) is 5.57 Å². The van der Waals surface area contributed by atoms with Gasteiger partial charge in [-0.3, -0.25) is 9.59 Å². The van der Waals surface area contributed by atoms with E-state index in [4.69, 9.17) is 20.9 Å². The van der Waals surface area contributed by atoms with Crippen LogP contribution < -0.4 is 16.8 Å². The molecule has 0 fully saturated rings. The number of nitrogens with two attached hydrogens (primary N) is 2. The Morgan fingerprint density at radius 1 is 1.08 bits per heavy atom. The number of nitrogen functional groups attached to an aromatic ring is 1. The highest BCUT2D eigenvalue weighted by atomic mass is 16.6. The van der Waals surface area contributed by atoms with Gasteiger partial charge in [-0.05, 0) is 44.6 Å². The third-order valence-electron chi connectivity index (χ3n) is 6.89. The van der Waals surface area contributed by atoms with Gasteiger partial charge in [0.15, 0.2) is 0 Å². The number of phenolic OH excluding ortho intramolecular Hbond substituents is 2. The second-order valence-electron chi connectivity index (χ2n) is 10.4. The Bertz CT molecular complexity index is 1170. The van der Waals surface area contributed by atoms with Crippen LogP contribution in [0.15, 0.2) is 41.5 Å². The maximum absolute atomic E-state index is 12.8. The molecule has 2 amide bonds. The van der Waals surface area contributed by atoms with E-state index < -0.39 is 30.2 Å². The number of amides is 2. The highest BCUT2D eigenvalue weighted by molar-refractivity contribution is 6.04. The SMILES string of the molecule is CC(=O)OC1CCC(C)Cc2c(N)c(O)cc(c2O)NC(=O)C(C)=CC=CC(C)C(OC(N)=O)C(C)=CC1C. The number of hydrogen-bond acceptors (Lipinski definition) is 8. The molecule has 10 heteroatoms. The number of aromatic hydroxyl groups is 2. The Labute approximate surface area is 229 Å². The van der Waals surface area contributed by atoms with Crippen molar-refractivity contribution in [3.63, 3.8) is 0 Å². The van der Waals surface area contributed by atoms with Crippen LogP contribution in [0.3, 0.4) is 0 Å². The molecule has 0 aliphatic carbocycles. The largest absolute Gasteiger partial charge is 0.506 e. The zero-order chi connectivity index (χ0) is 29.4. The number of phenols is 2. The van der Waals surface area contributed by atoms with Crippen LogP contribution >= 0.6 is 0 Å². The summed E-state index contributed by atoms with van der Waals surface area (Å²) in [5, 5.41) is 23.9. The summed E-state index contributed by atoms with van der Waals surface area (Å²) >= 11 is 0. The molecule has 5 unspecified atom stereocenters. The summed E-state index contributed by atoms with van der Waals surface area (Å²) in [5.41, 5.74) is 12.9. The van der Waals surface area contributed by atoms with Crippen molar-refractivity contribution in [2.24, 2.45) is 23.5 Å². The van der Waals surface area contributed by atoms with Crippen molar-refractivity contribution in [2.75, 3.05) is 11.1 Å². The Morgan fingerprint density at radius 3 is 2.36 bits per heavy atom. The molecule has 0 saturated heterocycles. The highest BCUT2D eigenvalue weighted by Gasteiger charge is 2.26. The van der Waals surface area contributed by atoms with Gasteiger partial charge in [-0.25, -0.2) is 4.79 Å². The number of rotatable bonds is 2. The van der Waals surface area contributed by atoms with Crippen molar-refractivity contribution in [2.45, 2.75) is 73.0 Å². The molecule has 0 saturated carbocycles. The van der Waals surface area contributed by atoms with Gasteiger partial charge in [0.25, 0.3) is 5.91 Å². The Morgan fingerprint density at radius 2 is 1.74 bits per heavy atom. The van der Waals surface area contributed by atoms with E-state index in [2.05, 4.69) is 5.32 Å². The lowest BCUT2D eigenvalue weighted by Crippen LogP contribution is -2.30. The zero-order valence-electron chi connectivity index (χ0n) is 23.5. The van der Waals surface area contributed by atoms with E-state index in [9.17, 15) is 24.6 Å². The first-order valence-corrected chi connectivity index (χ1v) is 13.0. The first-order chi connectivity index (χ1) is 18.2. The third kappa shape index (κ3) is 8.80. The molecular formula is C29H41N3O7. The second kappa shape index (κ2) is 13.7.